The van der Waals surface area contributed by atoms with E-state index in [-0.39, 0.29) is 35.8 Å². The fourth-order valence-electron chi connectivity index (χ4n) is 5.38. The zero-order chi connectivity index (χ0) is 28.4. The van der Waals surface area contributed by atoms with E-state index in [9.17, 15) is 18.0 Å². The van der Waals surface area contributed by atoms with Crippen LogP contribution in [0.5, 0.6) is 0 Å². The Bertz CT molecular complexity index is 1260. The van der Waals surface area contributed by atoms with Crippen molar-refractivity contribution < 1.29 is 18.0 Å². The van der Waals surface area contributed by atoms with Gasteiger partial charge in [-0.25, -0.2) is 8.42 Å². The second kappa shape index (κ2) is 12.0. The molecule has 0 radical (unpaired) electrons. The monoisotopic (exact) mass is 580 g/mol. The average molecular weight is 582 g/mol. The van der Waals surface area contributed by atoms with E-state index in [2.05, 4.69) is 5.32 Å². The first-order valence-corrected chi connectivity index (χ1v) is 15.4. The maximum Gasteiger partial charge on any atom is 0.229 e. The lowest BCUT2D eigenvalue weighted by molar-refractivity contribution is -0.157. The Balaban J connectivity index is 2.30. The number of halogens is 2. The first-order chi connectivity index (χ1) is 17.7. The van der Waals surface area contributed by atoms with Gasteiger partial charge in [-0.2, -0.15) is 0 Å². The Morgan fingerprint density at radius 1 is 1.05 bits per heavy atom. The second-order valence-corrected chi connectivity index (χ2v) is 14.6. The van der Waals surface area contributed by atoms with Crippen LogP contribution in [0.4, 0.5) is 0 Å². The molecular formula is C29H38Cl2N2O4S. The second-order valence-electron chi connectivity index (χ2n) is 11.2. The van der Waals surface area contributed by atoms with Gasteiger partial charge in [-0.3, -0.25) is 9.59 Å². The topological polar surface area (TPSA) is 83.6 Å². The number of hydrogen-bond donors (Lipinski definition) is 1. The van der Waals surface area contributed by atoms with Gasteiger partial charge in [0.15, 0.2) is 9.84 Å². The quantitative estimate of drug-likeness (QED) is 0.392. The first-order valence-electron chi connectivity index (χ1n) is 13.0. The van der Waals surface area contributed by atoms with Gasteiger partial charge in [-0.05, 0) is 61.6 Å². The molecule has 3 rings (SSSR count). The number of nitrogens with zero attached hydrogens (tertiary/aromatic N) is 1. The van der Waals surface area contributed by atoms with E-state index in [1.54, 1.807) is 44.0 Å². The first kappa shape index (κ1) is 30.5. The number of nitrogens with one attached hydrogen (secondary N) is 1. The molecule has 38 heavy (non-hydrogen) atoms. The molecule has 0 aromatic heterocycles. The van der Waals surface area contributed by atoms with Crippen molar-refractivity contribution >= 4 is 44.9 Å². The minimum absolute atomic E-state index is 0.00895. The maximum absolute atomic E-state index is 14.5. The lowest BCUT2D eigenvalue weighted by atomic mass is 9.66. The number of piperidine rings is 1. The summed E-state index contributed by atoms with van der Waals surface area (Å²) < 4.78 is 26.5. The molecule has 9 heteroatoms. The van der Waals surface area contributed by atoms with Gasteiger partial charge in [0.2, 0.25) is 11.8 Å². The molecule has 4 atom stereocenters. The highest BCUT2D eigenvalue weighted by molar-refractivity contribution is 7.92. The SMILES string of the molecule is CNC(=O)C[C@@]1(C)C[C@H](c2cccc(Cl)c2)[C@@H](c2ccc(Cl)cc2)N([C@H](CS(=O)(=O)C(C)C)C(C)C)C1=O. The molecule has 0 unspecified atom stereocenters. The van der Waals surface area contributed by atoms with Crippen molar-refractivity contribution in [1.29, 1.82) is 0 Å². The summed E-state index contributed by atoms with van der Waals surface area (Å²) >= 11 is 12.6. The number of carbonyl (C=O) groups is 2. The van der Waals surface area contributed by atoms with E-state index in [0.29, 0.717) is 16.5 Å². The fourth-order valence-corrected chi connectivity index (χ4v) is 7.11. The van der Waals surface area contributed by atoms with E-state index in [0.717, 1.165) is 11.1 Å². The highest BCUT2D eigenvalue weighted by Gasteiger charge is 2.53. The summed E-state index contributed by atoms with van der Waals surface area (Å²) in [7, 11) is -1.95. The van der Waals surface area contributed by atoms with Crippen LogP contribution in [0.1, 0.15) is 70.5 Å². The van der Waals surface area contributed by atoms with Gasteiger partial charge in [-0.15, -0.1) is 0 Å². The lowest BCUT2D eigenvalue weighted by Crippen LogP contribution is -2.59. The Labute approximate surface area is 237 Å². The Morgan fingerprint density at radius 3 is 2.21 bits per heavy atom. The summed E-state index contributed by atoms with van der Waals surface area (Å²) in [5.41, 5.74) is 0.722. The fraction of sp³-hybridized carbons (Fsp3) is 0.517. The smallest absolute Gasteiger partial charge is 0.229 e. The molecule has 2 amide bonds. The molecular weight excluding hydrogens is 543 g/mol. The zero-order valence-corrected chi connectivity index (χ0v) is 25.2. The third kappa shape index (κ3) is 6.54. The van der Waals surface area contributed by atoms with Crippen molar-refractivity contribution in [2.24, 2.45) is 11.3 Å². The summed E-state index contributed by atoms with van der Waals surface area (Å²) in [4.78, 5) is 28.9. The van der Waals surface area contributed by atoms with Gasteiger partial charge < -0.3 is 10.2 Å². The molecule has 1 saturated heterocycles. The molecule has 1 aliphatic rings. The zero-order valence-electron chi connectivity index (χ0n) is 22.9. The van der Waals surface area contributed by atoms with Crippen LogP contribution in [0.15, 0.2) is 48.5 Å². The van der Waals surface area contributed by atoms with Crippen LogP contribution in [0.25, 0.3) is 0 Å². The number of likely N-dealkylation sites (tertiary alicyclic amines) is 1. The van der Waals surface area contributed by atoms with Crippen LogP contribution >= 0.6 is 23.2 Å². The van der Waals surface area contributed by atoms with Gasteiger partial charge in [0, 0.05) is 35.5 Å². The normalized spacial score (nSPS) is 23.1. The predicted molar refractivity (Wildman–Crippen MR) is 154 cm³/mol. The van der Waals surface area contributed by atoms with Gasteiger partial charge in [-0.1, -0.05) is 68.2 Å². The van der Waals surface area contributed by atoms with E-state index >= 15 is 0 Å². The molecule has 6 nitrogen and oxygen atoms in total. The van der Waals surface area contributed by atoms with Crippen molar-refractivity contribution in [3.63, 3.8) is 0 Å². The van der Waals surface area contributed by atoms with E-state index in [1.165, 1.54) is 0 Å². The highest BCUT2D eigenvalue weighted by Crippen LogP contribution is 2.52. The van der Waals surface area contributed by atoms with Crippen LogP contribution in [0.3, 0.4) is 0 Å². The molecule has 1 heterocycles. The molecule has 0 aliphatic carbocycles. The van der Waals surface area contributed by atoms with Gasteiger partial charge >= 0.3 is 0 Å². The van der Waals surface area contributed by atoms with Crippen molar-refractivity contribution in [2.45, 2.75) is 70.7 Å². The molecule has 2 aromatic carbocycles. The van der Waals surface area contributed by atoms with Gasteiger partial charge in [0.25, 0.3) is 0 Å². The third-order valence-corrected chi connectivity index (χ3v) is 10.4. The van der Waals surface area contributed by atoms with E-state index in [4.69, 9.17) is 23.2 Å². The number of sulfone groups is 1. The largest absolute Gasteiger partial charge is 0.359 e. The summed E-state index contributed by atoms with van der Waals surface area (Å²) in [6, 6.07) is 13.8. The average Bonchev–Trinajstić information content (AvgIpc) is 2.84. The minimum Gasteiger partial charge on any atom is -0.359 e. The Kier molecular flexibility index (Phi) is 9.59. The van der Waals surface area contributed by atoms with Crippen LogP contribution in [-0.2, 0) is 19.4 Å². The molecule has 0 saturated carbocycles. The van der Waals surface area contributed by atoms with Crippen molar-refractivity contribution in [2.75, 3.05) is 12.8 Å². The van der Waals surface area contributed by atoms with E-state index < -0.39 is 32.6 Å². The molecule has 0 bridgehead atoms. The summed E-state index contributed by atoms with van der Waals surface area (Å²) in [6.07, 6.45) is 0.385. The Morgan fingerprint density at radius 2 is 1.68 bits per heavy atom. The third-order valence-electron chi connectivity index (χ3n) is 7.67. The molecule has 1 fully saturated rings. The van der Waals surface area contributed by atoms with Crippen LogP contribution in [-0.4, -0.2) is 49.2 Å². The molecule has 208 valence electrons. The van der Waals surface area contributed by atoms with Crippen LogP contribution in [0, 0.1) is 11.3 Å². The lowest BCUT2D eigenvalue weighted by Gasteiger charge is -2.53. The molecule has 2 aromatic rings. The standard InChI is InChI=1S/C29H38Cl2N2O4S/c1-18(2)25(17-38(36,37)19(3)4)33-27(20-10-12-22(30)13-11-20)24(21-8-7-9-23(31)14-21)15-29(5,28(33)35)16-26(34)32-6/h7-14,18-19,24-25,27H,15-17H2,1-6H3,(H,32,34)/t24-,25-,27-,29-/m1/s1. The number of amides is 2. The van der Waals surface area contributed by atoms with Crippen molar-refractivity contribution in [1.82, 2.24) is 10.2 Å². The van der Waals surface area contributed by atoms with Gasteiger partial charge in [0.1, 0.15) is 0 Å². The molecule has 0 spiro atoms. The van der Waals surface area contributed by atoms with Crippen LogP contribution < -0.4 is 5.32 Å². The molecule has 1 aliphatic heterocycles. The van der Waals surface area contributed by atoms with Crippen molar-refractivity contribution in [3.8, 4) is 0 Å². The van der Waals surface area contributed by atoms with E-state index in [1.807, 2.05) is 51.1 Å². The number of hydrogen-bond acceptors (Lipinski definition) is 4. The summed E-state index contributed by atoms with van der Waals surface area (Å²) in [5, 5.41) is 3.20. The van der Waals surface area contributed by atoms with Gasteiger partial charge in [0.05, 0.1) is 22.5 Å². The molecule has 1 N–H and O–H groups in total. The van der Waals surface area contributed by atoms with Crippen LogP contribution in [0.2, 0.25) is 10.0 Å². The number of benzene rings is 2. The highest BCUT2D eigenvalue weighted by atomic mass is 35.5. The number of rotatable bonds is 9. The summed E-state index contributed by atoms with van der Waals surface area (Å²) in [6.45, 7) is 9.00. The predicted octanol–water partition coefficient (Wildman–Crippen LogP) is 6.04. The summed E-state index contributed by atoms with van der Waals surface area (Å²) in [5.74, 6) is -1.05. The maximum atomic E-state index is 14.5. The number of carbonyl (C=O) groups excluding carboxylic acids is 2. The van der Waals surface area contributed by atoms with Crippen molar-refractivity contribution in [3.05, 3.63) is 69.7 Å². The minimum atomic E-state index is -3.50. The Hall–Kier alpha value is -2.09.